The fourth-order valence-electron chi connectivity index (χ4n) is 5.36. The lowest BCUT2D eigenvalue weighted by Crippen LogP contribution is -2.43. The van der Waals surface area contributed by atoms with Gasteiger partial charge in [0, 0.05) is 63.8 Å². The highest BCUT2D eigenvalue weighted by Gasteiger charge is 2.28. The van der Waals surface area contributed by atoms with Crippen molar-refractivity contribution >= 4 is 22.6 Å². The molecule has 0 saturated carbocycles. The quantitative estimate of drug-likeness (QED) is 0.579. The first kappa shape index (κ1) is 24.5. The number of nitrogens with one attached hydrogen (secondary N) is 1. The number of piperidine rings is 1. The summed E-state index contributed by atoms with van der Waals surface area (Å²) < 4.78 is 0. The summed E-state index contributed by atoms with van der Waals surface area (Å²) in [4.78, 5) is 32.9. The first-order valence-corrected chi connectivity index (χ1v) is 13.1. The van der Waals surface area contributed by atoms with E-state index in [1.165, 1.54) is 5.56 Å². The molecule has 0 spiro atoms. The van der Waals surface area contributed by atoms with Crippen molar-refractivity contribution in [3.05, 3.63) is 83.4 Å². The van der Waals surface area contributed by atoms with Crippen molar-refractivity contribution in [2.45, 2.75) is 25.9 Å². The lowest BCUT2D eigenvalue weighted by Gasteiger charge is -2.32. The van der Waals surface area contributed by atoms with E-state index in [0.717, 1.165) is 54.6 Å². The monoisotopic (exact) mass is 484 g/mol. The number of hydrogen-bond acceptors (Lipinski definition) is 4. The van der Waals surface area contributed by atoms with Gasteiger partial charge in [0.05, 0.1) is 0 Å². The lowest BCUT2D eigenvalue weighted by molar-refractivity contribution is -0.126. The average Bonchev–Trinajstić information content (AvgIpc) is 2.92. The van der Waals surface area contributed by atoms with Crippen LogP contribution in [-0.2, 0) is 17.9 Å². The van der Waals surface area contributed by atoms with Gasteiger partial charge in [0.25, 0.3) is 5.91 Å². The highest BCUT2D eigenvalue weighted by atomic mass is 16.2. The molecule has 2 aliphatic rings. The zero-order chi connectivity index (χ0) is 24.9. The number of fused-ring (bicyclic) bond motifs is 1. The minimum atomic E-state index is -0.0462. The minimum absolute atomic E-state index is 0.0462. The number of carbonyl (C=O) groups excluding carboxylic acids is 2. The van der Waals surface area contributed by atoms with Gasteiger partial charge in [0.15, 0.2) is 0 Å². The maximum atomic E-state index is 13.2. The Hall–Kier alpha value is -3.22. The summed E-state index contributed by atoms with van der Waals surface area (Å²) in [5.41, 5.74) is 3.18. The maximum absolute atomic E-state index is 13.2. The summed E-state index contributed by atoms with van der Waals surface area (Å²) >= 11 is 0. The van der Waals surface area contributed by atoms with Gasteiger partial charge in [-0.05, 0) is 47.9 Å². The molecule has 6 heteroatoms. The molecule has 2 fully saturated rings. The normalized spacial score (nSPS) is 17.9. The van der Waals surface area contributed by atoms with E-state index in [9.17, 15) is 9.59 Å². The summed E-state index contributed by atoms with van der Waals surface area (Å²) in [6.45, 7) is 7.15. The van der Waals surface area contributed by atoms with Crippen molar-refractivity contribution in [2.75, 3.05) is 46.3 Å². The zero-order valence-corrected chi connectivity index (χ0v) is 21.2. The van der Waals surface area contributed by atoms with E-state index in [4.69, 9.17) is 0 Å². The SMILES string of the molecule is CN1CCN(Cc2cccc(CNC(=O)C3CCN(C(=O)c4cccc5ccccc45)CC3)c2)CC1. The minimum Gasteiger partial charge on any atom is -0.352 e. The molecular weight excluding hydrogens is 448 g/mol. The van der Waals surface area contributed by atoms with E-state index in [1.54, 1.807) is 0 Å². The molecule has 0 radical (unpaired) electrons. The number of benzene rings is 3. The molecule has 0 unspecified atom stereocenters. The van der Waals surface area contributed by atoms with Crippen LogP contribution in [0.2, 0.25) is 0 Å². The van der Waals surface area contributed by atoms with Gasteiger partial charge in [-0.15, -0.1) is 0 Å². The van der Waals surface area contributed by atoms with Crippen LogP contribution in [0.4, 0.5) is 0 Å². The molecule has 36 heavy (non-hydrogen) atoms. The number of likely N-dealkylation sites (tertiary alicyclic amines) is 1. The Bertz CT molecular complexity index is 1210. The Kier molecular flexibility index (Phi) is 7.63. The Morgan fingerprint density at radius 2 is 1.53 bits per heavy atom. The second-order valence-electron chi connectivity index (χ2n) is 10.2. The largest absolute Gasteiger partial charge is 0.352 e. The number of amides is 2. The van der Waals surface area contributed by atoms with Gasteiger partial charge in [-0.2, -0.15) is 0 Å². The van der Waals surface area contributed by atoms with Crippen molar-refractivity contribution in [1.29, 1.82) is 0 Å². The number of hydrogen-bond donors (Lipinski definition) is 1. The first-order valence-electron chi connectivity index (χ1n) is 13.1. The van der Waals surface area contributed by atoms with Crippen molar-refractivity contribution in [3.63, 3.8) is 0 Å². The number of rotatable bonds is 6. The molecule has 0 atom stereocenters. The average molecular weight is 485 g/mol. The molecule has 3 aromatic rings. The van der Waals surface area contributed by atoms with E-state index in [2.05, 4.69) is 46.4 Å². The smallest absolute Gasteiger partial charge is 0.254 e. The van der Waals surface area contributed by atoms with E-state index in [0.29, 0.717) is 32.5 Å². The summed E-state index contributed by atoms with van der Waals surface area (Å²) in [6.07, 6.45) is 1.40. The summed E-state index contributed by atoms with van der Waals surface area (Å²) in [5.74, 6) is 0.106. The summed E-state index contributed by atoms with van der Waals surface area (Å²) in [6, 6.07) is 22.4. The predicted molar refractivity (Wildman–Crippen MR) is 144 cm³/mol. The third kappa shape index (κ3) is 5.77. The molecule has 2 saturated heterocycles. The van der Waals surface area contributed by atoms with E-state index < -0.39 is 0 Å². The van der Waals surface area contributed by atoms with Crippen LogP contribution in [0.15, 0.2) is 66.7 Å². The molecule has 1 N–H and O–H groups in total. The maximum Gasteiger partial charge on any atom is 0.254 e. The highest BCUT2D eigenvalue weighted by molar-refractivity contribution is 6.07. The third-order valence-corrected chi connectivity index (χ3v) is 7.63. The van der Waals surface area contributed by atoms with Crippen molar-refractivity contribution in [1.82, 2.24) is 20.0 Å². The molecule has 6 nitrogen and oxygen atoms in total. The molecular formula is C30H36N4O2. The van der Waals surface area contributed by atoms with E-state index in [-0.39, 0.29) is 17.7 Å². The second kappa shape index (κ2) is 11.2. The Morgan fingerprint density at radius 3 is 2.33 bits per heavy atom. The number of likely N-dealkylation sites (N-methyl/N-ethyl adjacent to an activating group) is 1. The highest BCUT2D eigenvalue weighted by Crippen LogP contribution is 2.24. The van der Waals surface area contributed by atoms with Gasteiger partial charge in [-0.25, -0.2) is 0 Å². The molecule has 0 aromatic heterocycles. The van der Waals surface area contributed by atoms with Gasteiger partial charge >= 0.3 is 0 Å². The Morgan fingerprint density at radius 1 is 0.833 bits per heavy atom. The fourth-order valence-corrected chi connectivity index (χ4v) is 5.36. The molecule has 5 rings (SSSR count). The van der Waals surface area contributed by atoms with Gasteiger partial charge < -0.3 is 15.1 Å². The van der Waals surface area contributed by atoms with Crippen molar-refractivity contribution in [2.24, 2.45) is 5.92 Å². The van der Waals surface area contributed by atoms with Crippen LogP contribution in [0, 0.1) is 5.92 Å². The molecule has 2 amide bonds. The molecule has 188 valence electrons. The first-order chi connectivity index (χ1) is 17.6. The van der Waals surface area contributed by atoms with E-state index in [1.807, 2.05) is 47.4 Å². The standard InChI is InChI=1S/C30H36N4O2/c1-32-16-18-33(19-17-32)22-24-7-4-6-23(20-24)21-31-29(35)26-12-14-34(15-13-26)30(36)28-11-5-9-25-8-2-3-10-27(25)28/h2-11,20,26H,12-19,21-22H2,1H3,(H,31,35). The van der Waals surface area contributed by atoms with Crippen molar-refractivity contribution < 1.29 is 9.59 Å². The molecule has 0 bridgehead atoms. The summed E-state index contributed by atoms with van der Waals surface area (Å²) in [7, 11) is 2.17. The van der Waals surface area contributed by atoms with Crippen LogP contribution in [0.25, 0.3) is 10.8 Å². The van der Waals surface area contributed by atoms with Crippen LogP contribution in [0.3, 0.4) is 0 Å². The predicted octanol–water partition coefficient (Wildman–Crippen LogP) is 3.76. The van der Waals surface area contributed by atoms with E-state index >= 15 is 0 Å². The number of nitrogens with zero attached hydrogens (tertiary/aromatic N) is 3. The number of piperazine rings is 1. The molecule has 3 aromatic carbocycles. The molecule has 2 heterocycles. The molecule has 0 aliphatic carbocycles. The Labute approximate surface area is 213 Å². The van der Waals surface area contributed by atoms with Crippen LogP contribution < -0.4 is 5.32 Å². The van der Waals surface area contributed by atoms with Crippen LogP contribution in [0.5, 0.6) is 0 Å². The number of carbonyl (C=O) groups is 2. The summed E-state index contributed by atoms with van der Waals surface area (Å²) in [5, 5.41) is 5.20. The topological polar surface area (TPSA) is 55.9 Å². The van der Waals surface area contributed by atoms with Crippen LogP contribution in [0.1, 0.15) is 34.3 Å². The van der Waals surface area contributed by atoms with Crippen LogP contribution in [-0.4, -0.2) is 72.8 Å². The van der Waals surface area contributed by atoms with Gasteiger partial charge in [0.1, 0.15) is 0 Å². The lowest BCUT2D eigenvalue weighted by atomic mass is 9.94. The second-order valence-corrected chi connectivity index (χ2v) is 10.2. The Balaban J connectivity index is 1.11. The fraction of sp³-hybridized carbons (Fsp3) is 0.400. The third-order valence-electron chi connectivity index (χ3n) is 7.63. The van der Waals surface area contributed by atoms with Gasteiger partial charge in [-0.1, -0.05) is 60.7 Å². The molecule has 2 aliphatic heterocycles. The van der Waals surface area contributed by atoms with Crippen molar-refractivity contribution in [3.8, 4) is 0 Å². The van der Waals surface area contributed by atoms with Gasteiger partial charge in [-0.3, -0.25) is 14.5 Å². The zero-order valence-electron chi connectivity index (χ0n) is 21.2. The van der Waals surface area contributed by atoms with Crippen LogP contribution >= 0.6 is 0 Å². The van der Waals surface area contributed by atoms with Gasteiger partial charge in [0.2, 0.25) is 5.91 Å².